The van der Waals surface area contributed by atoms with Gasteiger partial charge in [-0.25, -0.2) is 4.39 Å². The van der Waals surface area contributed by atoms with Crippen molar-refractivity contribution in [2.75, 3.05) is 24.7 Å². The van der Waals surface area contributed by atoms with Crippen LogP contribution in [0.15, 0.2) is 18.2 Å². The molecule has 0 radical (unpaired) electrons. The molecule has 3 N–H and O–H groups in total. The zero-order valence-electron chi connectivity index (χ0n) is 14.1. The van der Waals surface area contributed by atoms with E-state index in [9.17, 15) is 9.18 Å². The number of carbonyl (C=O) groups excluding carboxylic acids is 1. The Morgan fingerprint density at radius 1 is 1.44 bits per heavy atom. The summed E-state index contributed by atoms with van der Waals surface area (Å²) >= 11 is 0. The molecule has 25 heavy (non-hydrogen) atoms. The number of rotatable bonds is 2. The maximum Gasteiger partial charge on any atom is 0.256 e. The van der Waals surface area contributed by atoms with E-state index in [1.165, 1.54) is 16.8 Å². The van der Waals surface area contributed by atoms with E-state index in [4.69, 9.17) is 10.5 Å². The van der Waals surface area contributed by atoms with Crippen LogP contribution in [0.2, 0.25) is 0 Å². The quantitative estimate of drug-likeness (QED) is 0.874. The van der Waals surface area contributed by atoms with Crippen molar-refractivity contribution in [2.24, 2.45) is 0 Å². The summed E-state index contributed by atoms with van der Waals surface area (Å²) < 4.78 is 20.4. The number of nitrogens with zero attached hydrogens (tertiary/aromatic N) is 2. The highest BCUT2D eigenvalue weighted by Crippen LogP contribution is 2.35. The number of hydrogen-bond acceptors (Lipinski definition) is 5. The van der Waals surface area contributed by atoms with Gasteiger partial charge in [0, 0.05) is 31.3 Å². The Morgan fingerprint density at radius 2 is 2.28 bits per heavy atom. The number of nitrogen functional groups attached to an aromatic ring is 1. The van der Waals surface area contributed by atoms with Gasteiger partial charge in [-0.2, -0.15) is 9.78 Å². The van der Waals surface area contributed by atoms with Gasteiger partial charge in [-0.3, -0.25) is 4.79 Å². The number of nitrogens with one attached hydrogen (secondary N) is 1. The molecule has 2 aromatic rings. The molecule has 1 aliphatic carbocycles. The first-order chi connectivity index (χ1) is 12.1. The van der Waals surface area contributed by atoms with Gasteiger partial charge in [0.05, 0.1) is 17.7 Å². The lowest BCUT2D eigenvalue weighted by atomic mass is 9.90. The number of halogens is 1. The summed E-state index contributed by atoms with van der Waals surface area (Å²) in [7, 11) is 1.68. The number of aryl methyl sites for hydroxylation is 1. The monoisotopic (exact) mass is 344 g/mol. The van der Waals surface area contributed by atoms with Gasteiger partial charge in [0.1, 0.15) is 11.6 Å². The molecular weight excluding hydrogens is 323 g/mol. The van der Waals surface area contributed by atoms with Gasteiger partial charge in [0.15, 0.2) is 0 Å². The zero-order valence-corrected chi connectivity index (χ0v) is 14.1. The number of benzene rings is 1. The molecule has 0 saturated heterocycles. The molecule has 0 spiro atoms. The third-order valence-corrected chi connectivity index (χ3v) is 5.22. The summed E-state index contributed by atoms with van der Waals surface area (Å²) in [4.78, 5) is 13.1. The van der Waals surface area contributed by atoms with Gasteiger partial charge < -0.3 is 15.8 Å². The van der Waals surface area contributed by atoms with E-state index < -0.39 is 5.92 Å². The number of aromatic nitrogens is 2. The minimum atomic E-state index is -0.450. The van der Waals surface area contributed by atoms with Crippen molar-refractivity contribution in [3.05, 3.63) is 40.8 Å². The number of hydrogen-bond donors (Lipinski definition) is 2. The van der Waals surface area contributed by atoms with Crippen LogP contribution >= 0.6 is 0 Å². The third-order valence-electron chi connectivity index (χ3n) is 5.22. The van der Waals surface area contributed by atoms with E-state index in [-0.39, 0.29) is 17.8 Å². The molecule has 2 heterocycles. The van der Waals surface area contributed by atoms with Crippen LogP contribution in [0.1, 0.15) is 40.4 Å². The van der Waals surface area contributed by atoms with Gasteiger partial charge >= 0.3 is 0 Å². The summed E-state index contributed by atoms with van der Waals surface area (Å²) in [6.45, 7) is 0.654. The summed E-state index contributed by atoms with van der Waals surface area (Å²) in [6.07, 6.45) is 2.98. The van der Waals surface area contributed by atoms with Crippen LogP contribution in [-0.2, 0) is 17.6 Å². The second-order valence-corrected chi connectivity index (χ2v) is 6.66. The number of methoxy groups -OCH3 is 1. The predicted molar refractivity (Wildman–Crippen MR) is 92.3 cm³/mol. The molecule has 4 rings (SSSR count). The molecular formula is C18H21FN4O2. The van der Waals surface area contributed by atoms with E-state index in [0.29, 0.717) is 30.8 Å². The van der Waals surface area contributed by atoms with Gasteiger partial charge in [0.25, 0.3) is 5.91 Å². The van der Waals surface area contributed by atoms with Crippen molar-refractivity contribution in [1.29, 1.82) is 0 Å². The standard InChI is InChI=1S/C18H21FN4O2/c1-25-11-3-5-16-14(9-11)17(20)23(22-16)18(24)12-6-7-21-15-4-2-10(19)8-13(12)15/h2,4,8,11-12,21H,3,5-7,9,20H2,1H3/t11-,12+/m0/s1. The molecule has 132 valence electrons. The average Bonchev–Trinajstić information content (AvgIpc) is 2.96. The largest absolute Gasteiger partial charge is 0.385 e. The van der Waals surface area contributed by atoms with E-state index in [1.807, 2.05) is 0 Å². The fraction of sp³-hybridized carbons (Fsp3) is 0.444. The average molecular weight is 344 g/mol. The van der Waals surface area contributed by atoms with Crippen LogP contribution < -0.4 is 11.1 Å². The third kappa shape index (κ3) is 2.68. The highest BCUT2D eigenvalue weighted by Gasteiger charge is 2.32. The van der Waals surface area contributed by atoms with Crippen LogP contribution in [0, 0.1) is 5.82 Å². The second kappa shape index (κ2) is 6.15. The number of nitrogens with two attached hydrogens (primary N) is 1. The highest BCUT2D eigenvalue weighted by atomic mass is 19.1. The first kappa shape index (κ1) is 16.1. The van der Waals surface area contributed by atoms with Crippen LogP contribution in [0.4, 0.5) is 15.9 Å². The van der Waals surface area contributed by atoms with Gasteiger partial charge in [-0.15, -0.1) is 0 Å². The highest BCUT2D eigenvalue weighted by molar-refractivity contribution is 5.90. The maximum absolute atomic E-state index is 13.7. The van der Waals surface area contributed by atoms with Crippen LogP contribution in [-0.4, -0.2) is 35.4 Å². The Kier molecular flexibility index (Phi) is 3.95. The molecule has 2 atom stereocenters. The van der Waals surface area contributed by atoms with Crippen molar-refractivity contribution < 1.29 is 13.9 Å². The normalized spacial score (nSPS) is 22.0. The van der Waals surface area contributed by atoms with Crippen LogP contribution in [0.3, 0.4) is 0 Å². The van der Waals surface area contributed by atoms with Gasteiger partial charge in [0.2, 0.25) is 0 Å². The number of fused-ring (bicyclic) bond motifs is 2. The van der Waals surface area contributed by atoms with E-state index in [0.717, 1.165) is 29.8 Å². The number of anilines is 2. The first-order valence-electron chi connectivity index (χ1n) is 8.55. The lowest BCUT2D eigenvalue weighted by molar-refractivity contribution is 0.0859. The summed E-state index contributed by atoms with van der Waals surface area (Å²) in [5.74, 6) is -0.614. The maximum atomic E-state index is 13.7. The van der Waals surface area contributed by atoms with Gasteiger partial charge in [-0.1, -0.05) is 0 Å². The number of ether oxygens (including phenoxy) is 1. The Hall–Kier alpha value is -2.41. The molecule has 0 saturated carbocycles. The Labute approximate surface area is 145 Å². The van der Waals surface area contributed by atoms with E-state index in [2.05, 4.69) is 10.4 Å². The lowest BCUT2D eigenvalue weighted by Crippen LogP contribution is -2.28. The number of carbonyl (C=O) groups is 1. The fourth-order valence-corrected chi connectivity index (χ4v) is 3.82. The van der Waals surface area contributed by atoms with Crippen molar-refractivity contribution in [1.82, 2.24) is 9.78 Å². The molecule has 6 nitrogen and oxygen atoms in total. The zero-order chi connectivity index (χ0) is 17.6. The Bertz CT molecular complexity index is 833. The Morgan fingerprint density at radius 3 is 3.08 bits per heavy atom. The second-order valence-electron chi connectivity index (χ2n) is 6.66. The molecule has 7 heteroatoms. The van der Waals surface area contributed by atoms with Crippen molar-refractivity contribution in [3.63, 3.8) is 0 Å². The molecule has 0 unspecified atom stereocenters. The fourth-order valence-electron chi connectivity index (χ4n) is 3.82. The molecule has 0 fully saturated rings. The minimum absolute atomic E-state index is 0.108. The van der Waals surface area contributed by atoms with E-state index in [1.54, 1.807) is 13.2 Å². The molecule has 0 bridgehead atoms. The predicted octanol–water partition coefficient (Wildman–Crippen LogP) is 2.35. The van der Waals surface area contributed by atoms with Gasteiger partial charge in [-0.05, 0) is 43.0 Å². The Balaban J connectivity index is 1.70. The molecule has 1 aliphatic heterocycles. The summed E-state index contributed by atoms with van der Waals surface area (Å²) in [5.41, 5.74) is 9.46. The minimum Gasteiger partial charge on any atom is -0.385 e. The lowest BCUT2D eigenvalue weighted by Gasteiger charge is -2.25. The van der Waals surface area contributed by atoms with Crippen LogP contribution in [0.5, 0.6) is 0 Å². The van der Waals surface area contributed by atoms with Crippen molar-refractivity contribution in [2.45, 2.75) is 37.7 Å². The molecule has 1 aromatic carbocycles. The van der Waals surface area contributed by atoms with E-state index >= 15 is 0 Å². The first-order valence-corrected chi connectivity index (χ1v) is 8.55. The van der Waals surface area contributed by atoms with Crippen LogP contribution in [0.25, 0.3) is 0 Å². The SMILES string of the molecule is CO[C@H]1CCc2nn(C(=O)[C@@H]3CCNc4ccc(F)cc43)c(N)c2C1. The summed E-state index contributed by atoms with van der Waals surface area (Å²) in [6, 6.07) is 4.49. The summed E-state index contributed by atoms with van der Waals surface area (Å²) in [5, 5.41) is 7.67. The molecule has 0 amide bonds. The van der Waals surface area contributed by atoms with Crippen molar-refractivity contribution >= 4 is 17.4 Å². The molecule has 1 aromatic heterocycles. The van der Waals surface area contributed by atoms with Crippen molar-refractivity contribution in [3.8, 4) is 0 Å². The topological polar surface area (TPSA) is 82.2 Å². The molecule has 2 aliphatic rings. The smallest absolute Gasteiger partial charge is 0.256 e.